The standard InChI is InChI=1S/C26H26FN9O3/c1-4-38-26-33-18-6-5-14(7-19(18)34-26)20-21(28)36-23-17(11-31-36)24(37)29-9-12(2)39-25-16(8-15(27)10-30-25)13(3)32-22(20)35-23/h5-8,10-13H,4,9,28H2,1-3H3,(H,29,37)(H,32,35)(H,33,34)/t12-,13+/m0/s1. The zero-order valence-corrected chi connectivity index (χ0v) is 21.4. The molecule has 1 aromatic carbocycles. The SMILES string of the molecule is CCOc1nc2ccc(-c3c4nc5c(cnn5c3N)C(=O)NC[C@H](C)Oc3ncc(F)cc3[C@@H](C)N4)cc2[nH]1. The average Bonchev–Trinajstić information content (AvgIpc) is 3.52. The number of benzene rings is 1. The number of amides is 1. The number of anilines is 2. The maximum atomic E-state index is 14.3. The van der Waals surface area contributed by atoms with Crippen LogP contribution in [0.1, 0.15) is 42.7 Å². The van der Waals surface area contributed by atoms with Gasteiger partial charge in [0.15, 0.2) is 5.65 Å². The van der Waals surface area contributed by atoms with Crippen molar-refractivity contribution in [1.82, 2.24) is 34.9 Å². The number of nitrogens with zero attached hydrogens (tertiary/aromatic N) is 5. The van der Waals surface area contributed by atoms with Crippen LogP contribution in [0, 0.1) is 5.82 Å². The molecule has 0 unspecified atom stereocenters. The second-order valence-electron chi connectivity index (χ2n) is 9.27. The van der Waals surface area contributed by atoms with E-state index in [-0.39, 0.29) is 35.4 Å². The van der Waals surface area contributed by atoms with Gasteiger partial charge in [-0.2, -0.15) is 14.6 Å². The predicted octanol–water partition coefficient (Wildman–Crippen LogP) is 3.47. The van der Waals surface area contributed by atoms with Crippen LogP contribution in [0.25, 0.3) is 27.8 Å². The molecule has 0 radical (unpaired) electrons. The van der Waals surface area contributed by atoms with Crippen molar-refractivity contribution in [1.29, 1.82) is 0 Å². The Kier molecular flexibility index (Phi) is 5.89. The minimum absolute atomic E-state index is 0.185. The Bertz CT molecular complexity index is 1730. The van der Waals surface area contributed by atoms with E-state index in [1.54, 1.807) is 6.92 Å². The van der Waals surface area contributed by atoms with Crippen molar-refractivity contribution < 1.29 is 18.7 Å². The maximum Gasteiger partial charge on any atom is 0.294 e. The summed E-state index contributed by atoms with van der Waals surface area (Å²) >= 11 is 0. The number of aromatic amines is 1. The lowest BCUT2D eigenvalue weighted by atomic mass is 10.0. The molecule has 2 bridgehead atoms. The fourth-order valence-corrected chi connectivity index (χ4v) is 4.61. The molecule has 0 fully saturated rings. The van der Waals surface area contributed by atoms with Crippen LogP contribution in [0.15, 0.2) is 36.7 Å². The number of aromatic nitrogens is 6. The van der Waals surface area contributed by atoms with Crippen molar-refractivity contribution in [3.05, 3.63) is 53.6 Å². The number of pyridine rings is 1. The molecule has 5 aromatic rings. The van der Waals surface area contributed by atoms with Crippen LogP contribution in [0.2, 0.25) is 0 Å². The molecule has 5 heterocycles. The number of nitrogen functional groups attached to an aromatic ring is 1. The molecule has 6 rings (SSSR count). The van der Waals surface area contributed by atoms with E-state index in [2.05, 4.69) is 30.7 Å². The number of carbonyl (C=O) groups is 1. The second-order valence-corrected chi connectivity index (χ2v) is 9.27. The van der Waals surface area contributed by atoms with Crippen LogP contribution in [0.5, 0.6) is 11.9 Å². The number of halogens is 1. The quantitative estimate of drug-likeness (QED) is 0.274. The largest absolute Gasteiger partial charge is 0.473 e. The van der Waals surface area contributed by atoms with E-state index in [1.165, 1.54) is 16.8 Å². The summed E-state index contributed by atoms with van der Waals surface area (Å²) in [6.45, 7) is 6.17. The number of nitrogens with one attached hydrogen (secondary N) is 3. The van der Waals surface area contributed by atoms with Gasteiger partial charge in [-0.1, -0.05) is 6.07 Å². The maximum absolute atomic E-state index is 14.3. The number of hydrogen-bond donors (Lipinski definition) is 4. The van der Waals surface area contributed by atoms with E-state index in [9.17, 15) is 9.18 Å². The molecule has 0 aliphatic carbocycles. The highest BCUT2D eigenvalue weighted by atomic mass is 19.1. The molecule has 1 aliphatic rings. The lowest BCUT2D eigenvalue weighted by Gasteiger charge is -2.22. The van der Waals surface area contributed by atoms with Gasteiger partial charge in [0.2, 0.25) is 5.88 Å². The van der Waals surface area contributed by atoms with Gasteiger partial charge in [0, 0.05) is 5.56 Å². The molecule has 1 aliphatic heterocycles. The molecular weight excluding hydrogens is 505 g/mol. The van der Waals surface area contributed by atoms with Crippen LogP contribution in [-0.2, 0) is 0 Å². The molecule has 12 nitrogen and oxygen atoms in total. The Morgan fingerprint density at radius 1 is 1.23 bits per heavy atom. The van der Waals surface area contributed by atoms with Gasteiger partial charge in [0.05, 0.1) is 48.2 Å². The molecule has 5 N–H and O–H groups in total. The summed E-state index contributed by atoms with van der Waals surface area (Å²) in [5.41, 5.74) is 10.4. The van der Waals surface area contributed by atoms with Gasteiger partial charge < -0.3 is 30.8 Å². The summed E-state index contributed by atoms with van der Waals surface area (Å²) < 4.78 is 27.2. The average molecular weight is 532 g/mol. The number of imidazole rings is 1. The van der Waals surface area contributed by atoms with Crippen LogP contribution in [0.3, 0.4) is 0 Å². The minimum Gasteiger partial charge on any atom is -0.473 e. The van der Waals surface area contributed by atoms with Crippen molar-refractivity contribution in [3.63, 3.8) is 0 Å². The van der Waals surface area contributed by atoms with E-state index in [0.29, 0.717) is 35.1 Å². The minimum atomic E-state index is -0.507. The topological polar surface area (TPSA) is 157 Å². The summed E-state index contributed by atoms with van der Waals surface area (Å²) in [4.78, 5) is 29.6. The highest BCUT2D eigenvalue weighted by Gasteiger charge is 2.25. The van der Waals surface area contributed by atoms with E-state index in [1.807, 2.05) is 32.0 Å². The summed E-state index contributed by atoms with van der Waals surface area (Å²) in [5.74, 6) is -0.0122. The molecule has 2 atom stereocenters. The third-order valence-electron chi connectivity index (χ3n) is 6.49. The highest BCUT2D eigenvalue weighted by molar-refractivity contribution is 6.01. The lowest BCUT2D eigenvalue weighted by Crippen LogP contribution is -2.34. The molecule has 0 saturated heterocycles. The molecule has 0 saturated carbocycles. The van der Waals surface area contributed by atoms with Crippen LogP contribution < -0.4 is 25.8 Å². The molecule has 0 spiro atoms. The summed E-state index contributed by atoms with van der Waals surface area (Å²) in [6, 6.07) is 6.86. The van der Waals surface area contributed by atoms with Crippen LogP contribution in [-0.4, -0.2) is 54.7 Å². The molecule has 200 valence electrons. The van der Waals surface area contributed by atoms with Crippen molar-refractivity contribution in [2.24, 2.45) is 0 Å². The van der Waals surface area contributed by atoms with Gasteiger partial charge in [-0.25, -0.2) is 14.4 Å². The Labute approximate surface area is 221 Å². The molecule has 13 heteroatoms. The fraction of sp³-hybridized carbons (Fsp3) is 0.269. The van der Waals surface area contributed by atoms with E-state index in [4.69, 9.17) is 20.2 Å². The Morgan fingerprint density at radius 2 is 2.08 bits per heavy atom. The number of rotatable bonds is 3. The van der Waals surface area contributed by atoms with Crippen LogP contribution >= 0.6 is 0 Å². The molecule has 1 amide bonds. The number of carbonyl (C=O) groups excluding carboxylic acids is 1. The van der Waals surface area contributed by atoms with Crippen LogP contribution in [0.4, 0.5) is 16.0 Å². The van der Waals surface area contributed by atoms with Gasteiger partial charge in [-0.05, 0) is 44.5 Å². The number of ether oxygens (including phenoxy) is 2. The van der Waals surface area contributed by atoms with E-state index in [0.717, 1.165) is 17.2 Å². The van der Waals surface area contributed by atoms with Gasteiger partial charge in [-0.15, -0.1) is 0 Å². The number of hydrogen-bond acceptors (Lipinski definition) is 9. The van der Waals surface area contributed by atoms with Crippen molar-refractivity contribution in [2.75, 3.05) is 24.2 Å². The van der Waals surface area contributed by atoms with E-state index >= 15 is 0 Å². The monoisotopic (exact) mass is 531 g/mol. The summed E-state index contributed by atoms with van der Waals surface area (Å²) in [7, 11) is 0. The fourth-order valence-electron chi connectivity index (χ4n) is 4.61. The summed E-state index contributed by atoms with van der Waals surface area (Å²) in [6.07, 6.45) is 2.08. The summed E-state index contributed by atoms with van der Waals surface area (Å²) in [5, 5.41) is 10.5. The van der Waals surface area contributed by atoms with Gasteiger partial charge in [0.25, 0.3) is 11.9 Å². The molecular formula is C26H26FN9O3. The lowest BCUT2D eigenvalue weighted by molar-refractivity contribution is 0.0932. The third-order valence-corrected chi connectivity index (χ3v) is 6.49. The first-order valence-electron chi connectivity index (χ1n) is 12.5. The predicted molar refractivity (Wildman–Crippen MR) is 142 cm³/mol. The van der Waals surface area contributed by atoms with Crippen molar-refractivity contribution in [2.45, 2.75) is 32.9 Å². The zero-order valence-electron chi connectivity index (χ0n) is 21.4. The Morgan fingerprint density at radius 3 is 2.90 bits per heavy atom. The third kappa shape index (κ3) is 4.31. The normalized spacial score (nSPS) is 17.5. The number of fused-ring (bicyclic) bond motifs is 3. The van der Waals surface area contributed by atoms with E-state index < -0.39 is 18.0 Å². The van der Waals surface area contributed by atoms with Crippen molar-refractivity contribution in [3.8, 4) is 23.0 Å². The zero-order chi connectivity index (χ0) is 27.3. The molecule has 39 heavy (non-hydrogen) atoms. The number of H-pyrrole nitrogens is 1. The first-order chi connectivity index (χ1) is 18.8. The number of nitrogens with two attached hydrogens (primary N) is 1. The Balaban J connectivity index is 1.56. The smallest absolute Gasteiger partial charge is 0.294 e. The van der Waals surface area contributed by atoms with Crippen molar-refractivity contribution >= 4 is 34.2 Å². The first kappa shape index (κ1) is 24.4. The Hall–Kier alpha value is -4.94. The highest BCUT2D eigenvalue weighted by Crippen LogP contribution is 2.38. The first-order valence-corrected chi connectivity index (χ1v) is 12.5. The van der Waals surface area contributed by atoms with Gasteiger partial charge in [-0.3, -0.25) is 4.79 Å². The second kappa shape index (κ2) is 9.42. The molecule has 4 aromatic heterocycles. The van der Waals surface area contributed by atoms with Gasteiger partial charge in [0.1, 0.15) is 29.1 Å². The van der Waals surface area contributed by atoms with Gasteiger partial charge >= 0.3 is 0 Å².